The summed E-state index contributed by atoms with van der Waals surface area (Å²) in [5.41, 5.74) is 2.35. The van der Waals surface area contributed by atoms with Gasteiger partial charge in [0.2, 0.25) is 11.8 Å². The Bertz CT molecular complexity index is 1510. The van der Waals surface area contributed by atoms with E-state index in [-0.39, 0.29) is 29.1 Å². The molecule has 218 valence electrons. The third kappa shape index (κ3) is 7.23. The van der Waals surface area contributed by atoms with Crippen LogP contribution in [0.15, 0.2) is 71.6 Å². The summed E-state index contributed by atoms with van der Waals surface area (Å²) in [5, 5.41) is 3.88. The van der Waals surface area contributed by atoms with Gasteiger partial charge in [-0.2, -0.15) is 0 Å². The number of anilines is 1. The number of amides is 2. The minimum Gasteiger partial charge on any atom is -0.352 e. The lowest BCUT2D eigenvalue weighted by Gasteiger charge is -2.33. The Hall–Kier alpha value is -3.07. The maximum atomic E-state index is 14.1. The summed E-state index contributed by atoms with van der Waals surface area (Å²) >= 11 is 12.8. The van der Waals surface area contributed by atoms with E-state index in [0.29, 0.717) is 21.2 Å². The molecule has 1 atom stereocenters. The number of sulfonamides is 1. The van der Waals surface area contributed by atoms with Crippen LogP contribution in [0.4, 0.5) is 5.69 Å². The van der Waals surface area contributed by atoms with Crippen LogP contribution in [0, 0.1) is 13.8 Å². The van der Waals surface area contributed by atoms with Gasteiger partial charge in [-0.25, -0.2) is 8.42 Å². The summed E-state index contributed by atoms with van der Waals surface area (Å²) < 4.78 is 29.1. The fraction of sp³-hybridized carbons (Fsp3) is 0.355. The second-order valence-electron chi connectivity index (χ2n) is 10.5. The summed E-state index contributed by atoms with van der Waals surface area (Å²) in [6, 6.07) is 17.6. The summed E-state index contributed by atoms with van der Waals surface area (Å²) in [4.78, 5) is 28.9. The van der Waals surface area contributed by atoms with E-state index in [1.807, 2.05) is 6.92 Å². The molecule has 7 nitrogen and oxygen atoms in total. The number of carbonyl (C=O) groups is 2. The van der Waals surface area contributed by atoms with Crippen molar-refractivity contribution in [3.8, 4) is 0 Å². The number of hydrogen-bond donors (Lipinski definition) is 1. The third-order valence-electron chi connectivity index (χ3n) is 7.56. The van der Waals surface area contributed by atoms with Crippen molar-refractivity contribution < 1.29 is 18.0 Å². The smallest absolute Gasteiger partial charge is 0.264 e. The fourth-order valence-electron chi connectivity index (χ4n) is 5.00. The molecule has 0 bridgehead atoms. The first-order valence-corrected chi connectivity index (χ1v) is 15.9. The van der Waals surface area contributed by atoms with Gasteiger partial charge < -0.3 is 10.2 Å². The largest absolute Gasteiger partial charge is 0.352 e. The van der Waals surface area contributed by atoms with Crippen LogP contribution in [0.3, 0.4) is 0 Å². The van der Waals surface area contributed by atoms with Crippen LogP contribution in [0.1, 0.15) is 49.3 Å². The van der Waals surface area contributed by atoms with Gasteiger partial charge >= 0.3 is 0 Å². The fourth-order valence-corrected chi connectivity index (χ4v) is 6.84. The number of halogens is 2. The first-order valence-electron chi connectivity index (χ1n) is 13.7. The van der Waals surface area contributed by atoms with Crippen molar-refractivity contribution in [2.24, 2.45) is 0 Å². The molecule has 10 heteroatoms. The molecule has 0 unspecified atom stereocenters. The maximum absolute atomic E-state index is 14.1. The molecule has 0 aliphatic heterocycles. The Balaban J connectivity index is 1.73. The van der Waals surface area contributed by atoms with Gasteiger partial charge in [0.1, 0.15) is 12.6 Å². The molecule has 3 aromatic rings. The number of rotatable bonds is 10. The number of hydrogen-bond acceptors (Lipinski definition) is 4. The molecule has 0 spiro atoms. The molecule has 2 amide bonds. The minimum atomic E-state index is -4.18. The zero-order valence-electron chi connectivity index (χ0n) is 23.4. The first-order chi connectivity index (χ1) is 19.5. The highest BCUT2D eigenvalue weighted by atomic mass is 35.5. The van der Waals surface area contributed by atoms with Gasteiger partial charge in [0.15, 0.2) is 0 Å². The zero-order chi connectivity index (χ0) is 29.7. The number of benzene rings is 3. The molecular weight excluding hydrogens is 581 g/mol. The predicted molar refractivity (Wildman–Crippen MR) is 164 cm³/mol. The lowest BCUT2D eigenvalue weighted by Crippen LogP contribution is -2.52. The van der Waals surface area contributed by atoms with Gasteiger partial charge in [-0.1, -0.05) is 78.0 Å². The zero-order valence-corrected chi connectivity index (χ0v) is 25.8. The monoisotopic (exact) mass is 615 g/mol. The van der Waals surface area contributed by atoms with Gasteiger partial charge in [-0.05, 0) is 75.1 Å². The molecule has 1 fully saturated rings. The molecule has 4 rings (SSSR count). The molecule has 0 aromatic heterocycles. The normalized spacial score (nSPS) is 14.5. The molecule has 1 N–H and O–H groups in total. The summed E-state index contributed by atoms with van der Waals surface area (Å²) in [5.74, 6) is -0.835. The van der Waals surface area contributed by atoms with Crippen LogP contribution < -0.4 is 9.62 Å². The number of aryl methyl sites for hydroxylation is 1. The number of carbonyl (C=O) groups excluding carboxylic acids is 2. The van der Waals surface area contributed by atoms with Crippen molar-refractivity contribution in [2.45, 2.75) is 70.0 Å². The van der Waals surface area contributed by atoms with Crippen LogP contribution in [-0.2, 0) is 26.2 Å². The highest BCUT2D eigenvalue weighted by Crippen LogP contribution is 2.31. The molecule has 0 saturated heterocycles. The molecule has 0 radical (unpaired) electrons. The van der Waals surface area contributed by atoms with E-state index in [1.165, 1.54) is 17.0 Å². The van der Waals surface area contributed by atoms with Crippen LogP contribution in [0.5, 0.6) is 0 Å². The summed E-state index contributed by atoms with van der Waals surface area (Å²) in [7, 11) is -4.18. The van der Waals surface area contributed by atoms with E-state index in [0.717, 1.165) is 35.6 Å². The lowest BCUT2D eigenvalue weighted by molar-refractivity contribution is -0.139. The highest BCUT2D eigenvalue weighted by Gasteiger charge is 2.34. The van der Waals surface area contributed by atoms with Crippen molar-refractivity contribution in [3.63, 3.8) is 0 Å². The van der Waals surface area contributed by atoms with Crippen LogP contribution in [0.25, 0.3) is 0 Å². The van der Waals surface area contributed by atoms with Crippen molar-refractivity contribution in [3.05, 3.63) is 93.5 Å². The molecule has 0 heterocycles. The van der Waals surface area contributed by atoms with E-state index in [2.05, 4.69) is 5.32 Å². The van der Waals surface area contributed by atoms with Crippen molar-refractivity contribution in [1.82, 2.24) is 10.2 Å². The van der Waals surface area contributed by atoms with Crippen LogP contribution >= 0.6 is 23.2 Å². The average molecular weight is 617 g/mol. The SMILES string of the molecule is Cc1ccc(S(=O)(=O)N(CC(=O)N(Cc2ccccc2Cl)[C@H](C)C(=O)NC2CCCC2)c2cccc(Cl)c2C)cc1. The van der Waals surface area contributed by atoms with Gasteiger partial charge in [-0.15, -0.1) is 0 Å². The van der Waals surface area contributed by atoms with Gasteiger partial charge in [0, 0.05) is 22.6 Å². The van der Waals surface area contributed by atoms with E-state index >= 15 is 0 Å². The predicted octanol–water partition coefficient (Wildman–Crippen LogP) is 6.28. The Morgan fingerprint density at radius 1 is 0.927 bits per heavy atom. The Morgan fingerprint density at radius 2 is 1.56 bits per heavy atom. The Morgan fingerprint density at radius 3 is 2.22 bits per heavy atom. The lowest BCUT2D eigenvalue weighted by atomic mass is 10.1. The second-order valence-corrected chi connectivity index (χ2v) is 13.2. The number of nitrogens with one attached hydrogen (secondary N) is 1. The summed E-state index contributed by atoms with van der Waals surface area (Å²) in [6.45, 7) is 4.72. The van der Waals surface area contributed by atoms with Crippen molar-refractivity contribution >= 4 is 50.7 Å². The van der Waals surface area contributed by atoms with E-state index in [9.17, 15) is 18.0 Å². The molecule has 3 aromatic carbocycles. The van der Waals surface area contributed by atoms with E-state index in [1.54, 1.807) is 68.4 Å². The standard InChI is InChI=1S/C31H35Cl2N3O4S/c1-21-15-17-26(18-16-21)41(39,40)36(29-14-8-13-27(32)22(29)2)20-30(37)35(19-24-9-4-7-12-28(24)33)23(3)31(38)34-25-10-5-6-11-25/h4,7-9,12-18,23,25H,5-6,10-11,19-20H2,1-3H3,(H,34,38)/t23-/m1/s1. The summed E-state index contributed by atoms with van der Waals surface area (Å²) in [6.07, 6.45) is 3.89. The molecule has 1 aliphatic rings. The van der Waals surface area contributed by atoms with Crippen LogP contribution in [-0.4, -0.2) is 43.8 Å². The molecular formula is C31H35Cl2N3O4S. The van der Waals surface area contributed by atoms with Crippen molar-refractivity contribution in [2.75, 3.05) is 10.8 Å². The third-order valence-corrected chi connectivity index (χ3v) is 10.1. The number of nitrogens with zero attached hydrogens (tertiary/aromatic N) is 2. The van der Waals surface area contributed by atoms with E-state index in [4.69, 9.17) is 23.2 Å². The Labute approximate surface area is 252 Å². The van der Waals surface area contributed by atoms with Gasteiger partial charge in [-0.3, -0.25) is 13.9 Å². The molecule has 1 aliphatic carbocycles. The topological polar surface area (TPSA) is 86.8 Å². The highest BCUT2D eigenvalue weighted by molar-refractivity contribution is 7.92. The van der Waals surface area contributed by atoms with E-state index < -0.39 is 28.5 Å². The second kappa shape index (κ2) is 13.3. The first kappa shape index (κ1) is 30.9. The van der Waals surface area contributed by atoms with Gasteiger partial charge in [0.25, 0.3) is 10.0 Å². The van der Waals surface area contributed by atoms with Crippen molar-refractivity contribution in [1.29, 1.82) is 0 Å². The molecule has 41 heavy (non-hydrogen) atoms. The minimum absolute atomic E-state index is 0.0324. The molecule has 1 saturated carbocycles. The van der Waals surface area contributed by atoms with Crippen LogP contribution in [0.2, 0.25) is 10.0 Å². The Kier molecular flexibility index (Phi) is 10.00. The quantitative estimate of drug-likeness (QED) is 0.291. The van der Waals surface area contributed by atoms with Gasteiger partial charge in [0.05, 0.1) is 10.6 Å². The maximum Gasteiger partial charge on any atom is 0.264 e. The average Bonchev–Trinajstić information content (AvgIpc) is 3.45.